The van der Waals surface area contributed by atoms with E-state index in [9.17, 15) is 4.79 Å². The number of guanidine groups is 1. The van der Waals surface area contributed by atoms with Crippen LogP contribution in [0, 0.1) is 20.8 Å². The highest BCUT2D eigenvalue weighted by Gasteiger charge is 2.15. The van der Waals surface area contributed by atoms with Crippen LogP contribution >= 0.6 is 35.3 Å². The maximum absolute atomic E-state index is 11.6. The second-order valence-electron chi connectivity index (χ2n) is 5.53. The molecular formula is C17H25IN4O3S. The standard InChI is InChI=1S/C17H24N4O3S.HI/c1-10-12(3)25-15(21-10)6-7-19-17(18-4)20-9-13-8-14(11(2)24-13)16(22)23-5;/h8H,6-7,9H2,1-5H3,(H2,18,19,20);1H. The number of nitrogens with zero attached hydrogens (tertiary/aromatic N) is 2. The number of carbonyl (C=O) groups is 1. The van der Waals surface area contributed by atoms with Crippen molar-refractivity contribution in [2.45, 2.75) is 33.7 Å². The number of aliphatic imine (C=N–C) groups is 1. The van der Waals surface area contributed by atoms with Crippen LogP contribution in [0.5, 0.6) is 0 Å². The number of hydrogen-bond donors (Lipinski definition) is 2. The van der Waals surface area contributed by atoms with Gasteiger partial charge in [-0.05, 0) is 26.8 Å². The summed E-state index contributed by atoms with van der Waals surface area (Å²) in [5.74, 6) is 1.45. The summed E-state index contributed by atoms with van der Waals surface area (Å²) in [7, 11) is 3.06. The predicted molar refractivity (Wildman–Crippen MR) is 114 cm³/mol. The smallest absolute Gasteiger partial charge is 0.341 e. The first-order chi connectivity index (χ1) is 11.9. The molecule has 2 heterocycles. The number of furan rings is 1. The van der Waals surface area contributed by atoms with Gasteiger partial charge in [0.1, 0.15) is 17.1 Å². The summed E-state index contributed by atoms with van der Waals surface area (Å²) in [6, 6.07) is 1.68. The van der Waals surface area contributed by atoms with Gasteiger partial charge in [0, 0.05) is 24.9 Å². The minimum atomic E-state index is -0.399. The zero-order valence-electron chi connectivity index (χ0n) is 15.6. The summed E-state index contributed by atoms with van der Waals surface area (Å²) < 4.78 is 10.3. The van der Waals surface area contributed by atoms with Gasteiger partial charge in [-0.15, -0.1) is 35.3 Å². The van der Waals surface area contributed by atoms with Gasteiger partial charge in [0.15, 0.2) is 5.96 Å². The third-order valence-corrected chi connectivity index (χ3v) is 4.86. The molecule has 0 aliphatic carbocycles. The van der Waals surface area contributed by atoms with Crippen LogP contribution in [0.15, 0.2) is 15.5 Å². The van der Waals surface area contributed by atoms with Gasteiger partial charge in [0.25, 0.3) is 0 Å². The number of methoxy groups -OCH3 is 1. The molecule has 0 unspecified atom stereocenters. The Bertz CT molecular complexity index is 751. The van der Waals surface area contributed by atoms with Crippen LogP contribution in [-0.4, -0.2) is 37.6 Å². The Hall–Kier alpha value is -1.62. The molecule has 26 heavy (non-hydrogen) atoms. The molecule has 7 nitrogen and oxygen atoms in total. The lowest BCUT2D eigenvalue weighted by Gasteiger charge is -2.10. The quantitative estimate of drug-likeness (QED) is 0.279. The summed E-state index contributed by atoms with van der Waals surface area (Å²) in [6.07, 6.45) is 0.840. The maximum atomic E-state index is 11.6. The molecule has 0 bridgehead atoms. The van der Waals surface area contributed by atoms with Crippen LogP contribution in [0.1, 0.15) is 37.5 Å². The van der Waals surface area contributed by atoms with Gasteiger partial charge < -0.3 is 19.8 Å². The minimum Gasteiger partial charge on any atom is -0.465 e. The molecule has 0 aromatic carbocycles. The number of aryl methyl sites for hydroxylation is 3. The summed E-state index contributed by atoms with van der Waals surface area (Å²) in [4.78, 5) is 21.6. The SMILES string of the molecule is CN=C(NCCc1nc(C)c(C)s1)NCc1cc(C(=O)OC)c(C)o1.I. The molecule has 0 saturated heterocycles. The number of nitrogens with one attached hydrogen (secondary N) is 2. The third kappa shape index (κ3) is 5.97. The molecule has 0 amide bonds. The molecule has 9 heteroatoms. The summed E-state index contributed by atoms with van der Waals surface area (Å²) >= 11 is 1.72. The Morgan fingerprint density at radius 3 is 2.65 bits per heavy atom. The van der Waals surface area contributed by atoms with Crippen molar-refractivity contribution in [2.24, 2.45) is 4.99 Å². The van der Waals surface area contributed by atoms with Crippen LogP contribution in [0.2, 0.25) is 0 Å². The zero-order chi connectivity index (χ0) is 18.4. The van der Waals surface area contributed by atoms with Gasteiger partial charge in [0.05, 0.1) is 24.4 Å². The lowest BCUT2D eigenvalue weighted by atomic mass is 10.2. The van der Waals surface area contributed by atoms with Crippen molar-refractivity contribution in [1.29, 1.82) is 0 Å². The first kappa shape index (κ1) is 22.4. The molecular weight excluding hydrogens is 467 g/mol. The van der Waals surface area contributed by atoms with Crippen molar-refractivity contribution in [3.05, 3.63) is 38.7 Å². The number of ether oxygens (including phenoxy) is 1. The number of aromatic nitrogens is 1. The van der Waals surface area contributed by atoms with E-state index < -0.39 is 5.97 Å². The first-order valence-electron chi connectivity index (χ1n) is 7.99. The number of hydrogen-bond acceptors (Lipinski definition) is 6. The van der Waals surface area contributed by atoms with E-state index in [0.717, 1.165) is 23.7 Å². The Morgan fingerprint density at radius 2 is 2.08 bits per heavy atom. The Morgan fingerprint density at radius 1 is 1.35 bits per heavy atom. The lowest BCUT2D eigenvalue weighted by molar-refractivity contribution is 0.0599. The number of halogens is 1. The van der Waals surface area contributed by atoms with Crippen molar-refractivity contribution in [3.8, 4) is 0 Å². The molecule has 0 aliphatic heterocycles. The molecule has 0 fully saturated rings. The molecule has 0 saturated carbocycles. The van der Waals surface area contributed by atoms with Crippen LogP contribution in [0.25, 0.3) is 0 Å². The van der Waals surface area contributed by atoms with Crippen LogP contribution < -0.4 is 10.6 Å². The van der Waals surface area contributed by atoms with Gasteiger partial charge in [-0.2, -0.15) is 0 Å². The predicted octanol–water partition coefficient (Wildman–Crippen LogP) is 2.97. The molecule has 2 aromatic heterocycles. The Labute approximate surface area is 174 Å². The van der Waals surface area contributed by atoms with E-state index >= 15 is 0 Å². The zero-order valence-corrected chi connectivity index (χ0v) is 18.8. The monoisotopic (exact) mass is 492 g/mol. The fourth-order valence-corrected chi connectivity index (χ4v) is 3.20. The summed E-state index contributed by atoms with van der Waals surface area (Å²) in [5, 5.41) is 7.52. The van der Waals surface area contributed by atoms with E-state index in [0.29, 0.717) is 29.6 Å². The molecule has 0 aliphatic rings. The number of esters is 1. The molecule has 2 N–H and O–H groups in total. The molecule has 144 valence electrons. The minimum absolute atomic E-state index is 0. The van der Waals surface area contributed by atoms with Crippen LogP contribution in [0.4, 0.5) is 0 Å². The second-order valence-corrected chi connectivity index (χ2v) is 6.81. The van der Waals surface area contributed by atoms with E-state index in [1.54, 1.807) is 31.4 Å². The van der Waals surface area contributed by atoms with Crippen molar-refractivity contribution >= 4 is 47.2 Å². The van der Waals surface area contributed by atoms with E-state index in [2.05, 4.69) is 27.5 Å². The van der Waals surface area contributed by atoms with Crippen molar-refractivity contribution in [1.82, 2.24) is 15.6 Å². The van der Waals surface area contributed by atoms with Crippen LogP contribution in [0.3, 0.4) is 0 Å². The number of thiazole rings is 1. The van der Waals surface area contributed by atoms with Gasteiger partial charge in [0.2, 0.25) is 0 Å². The van der Waals surface area contributed by atoms with Gasteiger partial charge in [-0.3, -0.25) is 4.99 Å². The van der Waals surface area contributed by atoms with E-state index in [1.165, 1.54) is 12.0 Å². The van der Waals surface area contributed by atoms with Crippen molar-refractivity contribution < 1.29 is 13.9 Å². The van der Waals surface area contributed by atoms with Gasteiger partial charge in [-0.25, -0.2) is 9.78 Å². The topological polar surface area (TPSA) is 88.8 Å². The van der Waals surface area contributed by atoms with E-state index in [1.807, 2.05) is 6.92 Å². The van der Waals surface area contributed by atoms with E-state index in [-0.39, 0.29) is 24.0 Å². The number of carbonyl (C=O) groups excluding carboxylic acids is 1. The average molecular weight is 492 g/mol. The highest BCUT2D eigenvalue weighted by Crippen LogP contribution is 2.17. The second kappa shape index (κ2) is 10.5. The first-order valence-corrected chi connectivity index (χ1v) is 8.81. The van der Waals surface area contributed by atoms with Crippen molar-refractivity contribution in [3.63, 3.8) is 0 Å². The normalized spacial score (nSPS) is 11.0. The molecule has 2 rings (SSSR count). The Kier molecular flexibility index (Phi) is 9.06. The molecule has 2 aromatic rings. The fraction of sp³-hybridized carbons (Fsp3) is 0.471. The molecule has 0 spiro atoms. The maximum Gasteiger partial charge on any atom is 0.341 e. The Balaban J connectivity index is 0.00000338. The molecule has 0 radical (unpaired) electrons. The number of rotatable bonds is 6. The highest BCUT2D eigenvalue weighted by molar-refractivity contribution is 14.0. The average Bonchev–Trinajstić information content (AvgIpc) is 3.12. The van der Waals surface area contributed by atoms with Crippen LogP contribution in [-0.2, 0) is 17.7 Å². The van der Waals surface area contributed by atoms with Crippen molar-refractivity contribution in [2.75, 3.05) is 20.7 Å². The largest absolute Gasteiger partial charge is 0.465 e. The van der Waals surface area contributed by atoms with E-state index in [4.69, 9.17) is 9.15 Å². The van der Waals surface area contributed by atoms with Gasteiger partial charge in [-0.1, -0.05) is 0 Å². The molecule has 0 atom stereocenters. The summed E-state index contributed by atoms with van der Waals surface area (Å²) in [5.41, 5.74) is 1.54. The third-order valence-electron chi connectivity index (χ3n) is 3.73. The highest BCUT2D eigenvalue weighted by atomic mass is 127. The van der Waals surface area contributed by atoms with Gasteiger partial charge >= 0.3 is 5.97 Å². The summed E-state index contributed by atoms with van der Waals surface area (Å²) in [6.45, 7) is 7.00. The lowest BCUT2D eigenvalue weighted by Crippen LogP contribution is -2.37. The fourth-order valence-electron chi connectivity index (χ4n) is 2.27.